The maximum Gasteiger partial charge on any atom is 0.0249 e. The fraction of sp³-hybridized carbons (Fsp3) is 1.00. The standard InChI is InChI=1S/C13H24N2OS/c1-14-10-8-12-2-3-13(9-10)15(12)11-4-6-17(16)7-5-11/h10-14H,2-9H2,1H3. The van der Waals surface area contributed by atoms with Gasteiger partial charge in [-0.3, -0.25) is 9.11 Å². The van der Waals surface area contributed by atoms with Crippen LogP contribution in [0.4, 0.5) is 0 Å². The van der Waals surface area contributed by atoms with E-state index in [-0.39, 0.29) is 0 Å². The summed E-state index contributed by atoms with van der Waals surface area (Å²) < 4.78 is 11.5. The molecule has 0 amide bonds. The highest BCUT2D eigenvalue weighted by atomic mass is 32.2. The third-order valence-corrected chi connectivity index (χ3v) is 6.36. The first kappa shape index (κ1) is 12.1. The summed E-state index contributed by atoms with van der Waals surface area (Å²) in [6.45, 7) is 0. The van der Waals surface area contributed by atoms with E-state index in [1.54, 1.807) is 0 Å². The van der Waals surface area contributed by atoms with Gasteiger partial charge in [-0.05, 0) is 45.6 Å². The Kier molecular flexibility index (Phi) is 3.55. The first-order valence-corrected chi connectivity index (χ1v) is 8.56. The normalized spacial score (nSPS) is 47.2. The van der Waals surface area contributed by atoms with E-state index in [1.807, 2.05) is 0 Å². The van der Waals surface area contributed by atoms with Gasteiger partial charge in [0.15, 0.2) is 0 Å². The number of hydrogen-bond acceptors (Lipinski definition) is 3. The highest BCUT2D eigenvalue weighted by Gasteiger charge is 2.43. The Morgan fingerprint density at radius 2 is 1.59 bits per heavy atom. The van der Waals surface area contributed by atoms with Crippen LogP contribution in [0.25, 0.3) is 0 Å². The summed E-state index contributed by atoms with van der Waals surface area (Å²) in [6.07, 6.45) is 7.78. The van der Waals surface area contributed by atoms with Crippen LogP contribution in [0.5, 0.6) is 0 Å². The SMILES string of the molecule is CNC1CC2CCC(C1)N2C1CCS(=O)CC1. The minimum atomic E-state index is -0.515. The summed E-state index contributed by atoms with van der Waals surface area (Å²) in [7, 11) is 1.59. The van der Waals surface area contributed by atoms with Crippen molar-refractivity contribution in [2.45, 2.75) is 62.7 Å². The lowest BCUT2D eigenvalue weighted by molar-refractivity contribution is 0.0666. The molecule has 0 aromatic rings. The van der Waals surface area contributed by atoms with Gasteiger partial charge in [0, 0.05) is 46.5 Å². The van der Waals surface area contributed by atoms with E-state index in [0.29, 0.717) is 0 Å². The molecule has 0 aliphatic carbocycles. The lowest BCUT2D eigenvalue weighted by Crippen LogP contribution is -2.53. The summed E-state index contributed by atoms with van der Waals surface area (Å²) in [5.41, 5.74) is 0. The highest BCUT2D eigenvalue weighted by molar-refractivity contribution is 7.85. The molecule has 0 aromatic carbocycles. The molecule has 1 N–H and O–H groups in total. The quantitative estimate of drug-likeness (QED) is 0.803. The van der Waals surface area contributed by atoms with Gasteiger partial charge in [-0.15, -0.1) is 0 Å². The fourth-order valence-corrected chi connectivity index (χ4v) is 5.40. The molecule has 4 heteroatoms. The van der Waals surface area contributed by atoms with Crippen molar-refractivity contribution in [2.75, 3.05) is 18.6 Å². The number of fused-ring (bicyclic) bond motifs is 2. The van der Waals surface area contributed by atoms with Crippen molar-refractivity contribution in [3.05, 3.63) is 0 Å². The highest BCUT2D eigenvalue weighted by Crippen LogP contribution is 2.39. The minimum Gasteiger partial charge on any atom is -0.317 e. The van der Waals surface area contributed by atoms with Crippen LogP contribution >= 0.6 is 0 Å². The zero-order valence-electron chi connectivity index (χ0n) is 10.7. The van der Waals surface area contributed by atoms with Crippen LogP contribution in [-0.4, -0.2) is 51.8 Å². The van der Waals surface area contributed by atoms with Gasteiger partial charge in [-0.2, -0.15) is 0 Å². The molecule has 3 nitrogen and oxygen atoms in total. The Bertz CT molecular complexity index is 286. The van der Waals surface area contributed by atoms with Crippen LogP contribution in [0, 0.1) is 0 Å². The third kappa shape index (κ3) is 2.32. The van der Waals surface area contributed by atoms with E-state index in [2.05, 4.69) is 17.3 Å². The van der Waals surface area contributed by atoms with E-state index in [0.717, 1.165) is 35.7 Å². The van der Waals surface area contributed by atoms with Crippen molar-refractivity contribution >= 4 is 10.8 Å². The molecule has 0 radical (unpaired) electrons. The summed E-state index contributed by atoms with van der Waals surface area (Å²) in [4.78, 5) is 2.81. The van der Waals surface area contributed by atoms with Gasteiger partial charge in [0.25, 0.3) is 0 Å². The number of piperidine rings is 1. The fourth-order valence-electron chi connectivity index (χ4n) is 4.12. The summed E-state index contributed by atoms with van der Waals surface area (Å²) in [5.74, 6) is 1.88. The van der Waals surface area contributed by atoms with E-state index < -0.39 is 10.8 Å². The minimum absolute atomic E-state index is 0.515. The predicted octanol–water partition coefficient (Wildman–Crippen LogP) is 1.11. The number of nitrogens with one attached hydrogen (secondary N) is 1. The molecule has 3 aliphatic heterocycles. The average Bonchev–Trinajstić information content (AvgIpc) is 2.61. The molecule has 2 bridgehead atoms. The molecule has 0 aromatic heterocycles. The maximum atomic E-state index is 11.5. The van der Waals surface area contributed by atoms with Crippen molar-refractivity contribution in [2.24, 2.45) is 0 Å². The Morgan fingerprint density at radius 1 is 1.00 bits per heavy atom. The largest absolute Gasteiger partial charge is 0.317 e. The Labute approximate surface area is 107 Å². The molecule has 2 unspecified atom stereocenters. The van der Waals surface area contributed by atoms with Gasteiger partial charge in [0.1, 0.15) is 0 Å². The van der Waals surface area contributed by atoms with Crippen LogP contribution in [0.15, 0.2) is 0 Å². The maximum absolute atomic E-state index is 11.5. The van der Waals surface area contributed by atoms with Crippen LogP contribution in [-0.2, 0) is 10.8 Å². The lowest BCUT2D eigenvalue weighted by Gasteiger charge is -2.44. The zero-order valence-corrected chi connectivity index (χ0v) is 11.5. The van der Waals surface area contributed by atoms with Gasteiger partial charge in [0.05, 0.1) is 0 Å². The molecular formula is C13H24N2OS. The molecule has 0 saturated carbocycles. The summed E-state index contributed by atoms with van der Waals surface area (Å²) in [6, 6.07) is 3.09. The molecule has 17 heavy (non-hydrogen) atoms. The summed E-state index contributed by atoms with van der Waals surface area (Å²) >= 11 is 0. The van der Waals surface area contributed by atoms with E-state index in [9.17, 15) is 4.21 Å². The van der Waals surface area contributed by atoms with Crippen molar-refractivity contribution in [1.82, 2.24) is 10.2 Å². The molecule has 0 spiro atoms. The van der Waals surface area contributed by atoms with Crippen LogP contribution in [0.3, 0.4) is 0 Å². The van der Waals surface area contributed by atoms with E-state index in [1.165, 1.54) is 38.5 Å². The van der Waals surface area contributed by atoms with Gasteiger partial charge >= 0.3 is 0 Å². The first-order valence-electron chi connectivity index (χ1n) is 7.07. The molecule has 3 saturated heterocycles. The molecule has 3 rings (SSSR count). The smallest absolute Gasteiger partial charge is 0.0249 e. The Balaban J connectivity index is 1.66. The third-order valence-electron chi connectivity index (χ3n) is 4.98. The number of hydrogen-bond donors (Lipinski definition) is 1. The van der Waals surface area contributed by atoms with Gasteiger partial charge < -0.3 is 5.32 Å². The Hall–Kier alpha value is 0.0700. The first-order chi connectivity index (χ1) is 8.28. The van der Waals surface area contributed by atoms with Gasteiger partial charge in [0.2, 0.25) is 0 Å². The van der Waals surface area contributed by atoms with Crippen LogP contribution in [0.1, 0.15) is 38.5 Å². The second-order valence-corrected chi connectivity index (χ2v) is 7.56. The molecule has 2 atom stereocenters. The topological polar surface area (TPSA) is 32.3 Å². The molecular weight excluding hydrogens is 232 g/mol. The van der Waals surface area contributed by atoms with Crippen molar-refractivity contribution < 1.29 is 4.21 Å². The van der Waals surface area contributed by atoms with Gasteiger partial charge in [-0.1, -0.05) is 0 Å². The monoisotopic (exact) mass is 256 g/mol. The van der Waals surface area contributed by atoms with E-state index >= 15 is 0 Å². The Morgan fingerprint density at radius 3 is 2.12 bits per heavy atom. The second kappa shape index (κ2) is 4.98. The number of nitrogens with zero attached hydrogens (tertiary/aromatic N) is 1. The molecule has 3 aliphatic rings. The second-order valence-electron chi connectivity index (χ2n) is 5.87. The predicted molar refractivity (Wildman–Crippen MR) is 71.6 cm³/mol. The van der Waals surface area contributed by atoms with E-state index in [4.69, 9.17) is 0 Å². The van der Waals surface area contributed by atoms with Crippen LogP contribution < -0.4 is 5.32 Å². The van der Waals surface area contributed by atoms with Crippen molar-refractivity contribution in [3.8, 4) is 0 Å². The summed E-state index contributed by atoms with van der Waals surface area (Å²) in [5, 5.41) is 3.46. The average molecular weight is 256 g/mol. The van der Waals surface area contributed by atoms with Crippen molar-refractivity contribution in [3.63, 3.8) is 0 Å². The molecule has 98 valence electrons. The van der Waals surface area contributed by atoms with Crippen molar-refractivity contribution in [1.29, 1.82) is 0 Å². The van der Waals surface area contributed by atoms with Crippen LogP contribution in [0.2, 0.25) is 0 Å². The lowest BCUT2D eigenvalue weighted by atomic mass is 9.94. The number of rotatable bonds is 2. The zero-order chi connectivity index (χ0) is 11.8. The van der Waals surface area contributed by atoms with Gasteiger partial charge in [-0.25, -0.2) is 0 Å². The molecule has 3 heterocycles. The molecule has 3 fully saturated rings.